The number of ether oxygens (including phenoxy) is 3. The molecule has 1 aliphatic rings. The van der Waals surface area contributed by atoms with Crippen LogP contribution in [0.2, 0.25) is 0 Å². The molecule has 3 N–H and O–H groups in total. The summed E-state index contributed by atoms with van der Waals surface area (Å²) in [7, 11) is 1.59. The second kappa shape index (κ2) is 9.18. The highest BCUT2D eigenvalue weighted by Crippen LogP contribution is 2.34. The van der Waals surface area contributed by atoms with Crippen LogP contribution in [0.1, 0.15) is 24.9 Å². The molecule has 8 heteroatoms. The number of rotatable bonds is 9. The smallest absolute Gasteiger partial charge is 0.239 e. The van der Waals surface area contributed by atoms with Gasteiger partial charge in [-0.05, 0) is 48.9 Å². The highest BCUT2D eigenvalue weighted by molar-refractivity contribution is 5.82. The summed E-state index contributed by atoms with van der Waals surface area (Å²) in [5, 5.41) is 2.98. The SMILES string of the molecule is COc1ccc(N(CCC(N)=O)CC(=O)N[C@@H](C)c2ccc3c(c2)OCO3)cc1. The molecule has 2 aromatic rings. The van der Waals surface area contributed by atoms with Crippen LogP contribution in [0.15, 0.2) is 42.5 Å². The fourth-order valence-electron chi connectivity index (χ4n) is 3.06. The van der Waals surface area contributed by atoms with Crippen molar-refractivity contribution in [2.45, 2.75) is 19.4 Å². The van der Waals surface area contributed by atoms with E-state index in [-0.39, 0.29) is 31.7 Å². The zero-order valence-corrected chi connectivity index (χ0v) is 16.5. The molecule has 2 amide bonds. The van der Waals surface area contributed by atoms with Crippen molar-refractivity contribution in [3.8, 4) is 17.2 Å². The van der Waals surface area contributed by atoms with Gasteiger partial charge >= 0.3 is 0 Å². The van der Waals surface area contributed by atoms with Gasteiger partial charge in [-0.2, -0.15) is 0 Å². The number of amides is 2. The number of nitrogens with one attached hydrogen (secondary N) is 1. The fraction of sp³-hybridized carbons (Fsp3) is 0.333. The molecular weight excluding hydrogens is 374 g/mol. The van der Waals surface area contributed by atoms with Crippen molar-refractivity contribution in [2.75, 3.05) is 31.9 Å². The lowest BCUT2D eigenvalue weighted by atomic mass is 10.1. The van der Waals surface area contributed by atoms with Crippen molar-refractivity contribution >= 4 is 17.5 Å². The van der Waals surface area contributed by atoms with Crippen molar-refractivity contribution in [3.63, 3.8) is 0 Å². The van der Waals surface area contributed by atoms with Crippen LogP contribution in [0.4, 0.5) is 5.69 Å². The number of hydrogen-bond donors (Lipinski definition) is 2. The molecule has 2 aromatic carbocycles. The number of methoxy groups -OCH3 is 1. The van der Waals surface area contributed by atoms with Crippen molar-refractivity contribution < 1.29 is 23.8 Å². The quantitative estimate of drug-likeness (QED) is 0.668. The maximum atomic E-state index is 12.7. The van der Waals surface area contributed by atoms with Gasteiger partial charge in [-0.3, -0.25) is 9.59 Å². The highest BCUT2D eigenvalue weighted by Gasteiger charge is 2.18. The Morgan fingerprint density at radius 1 is 1.17 bits per heavy atom. The molecule has 8 nitrogen and oxygen atoms in total. The zero-order chi connectivity index (χ0) is 20.8. The van der Waals surface area contributed by atoms with E-state index in [0.717, 1.165) is 11.3 Å². The fourth-order valence-corrected chi connectivity index (χ4v) is 3.06. The Morgan fingerprint density at radius 3 is 2.59 bits per heavy atom. The molecule has 0 saturated heterocycles. The number of anilines is 1. The third kappa shape index (κ3) is 5.31. The van der Waals surface area contributed by atoms with Gasteiger partial charge in [0, 0.05) is 18.7 Å². The predicted molar refractivity (Wildman–Crippen MR) is 108 cm³/mol. The molecule has 29 heavy (non-hydrogen) atoms. The third-order valence-corrected chi connectivity index (χ3v) is 4.67. The Kier molecular flexibility index (Phi) is 6.43. The average Bonchev–Trinajstić information content (AvgIpc) is 3.19. The number of primary amides is 1. The lowest BCUT2D eigenvalue weighted by Gasteiger charge is -2.25. The van der Waals surface area contributed by atoms with Gasteiger partial charge in [0.05, 0.1) is 19.7 Å². The summed E-state index contributed by atoms with van der Waals surface area (Å²) in [6.07, 6.45) is 0.150. The summed E-state index contributed by atoms with van der Waals surface area (Å²) < 4.78 is 15.9. The minimum atomic E-state index is -0.419. The number of hydrogen-bond acceptors (Lipinski definition) is 6. The van der Waals surface area contributed by atoms with Crippen molar-refractivity contribution in [3.05, 3.63) is 48.0 Å². The molecule has 0 aromatic heterocycles. The summed E-state index contributed by atoms with van der Waals surface area (Å²) in [5.74, 6) is 1.49. The molecule has 0 bridgehead atoms. The first-order chi connectivity index (χ1) is 14.0. The van der Waals surface area contributed by atoms with Crippen molar-refractivity contribution in [1.29, 1.82) is 0 Å². The number of nitrogens with two attached hydrogens (primary N) is 1. The molecule has 1 atom stereocenters. The van der Waals surface area contributed by atoms with Gasteiger partial charge in [0.1, 0.15) is 5.75 Å². The number of benzene rings is 2. The minimum Gasteiger partial charge on any atom is -0.497 e. The van der Waals surface area contributed by atoms with Crippen molar-refractivity contribution in [2.24, 2.45) is 5.73 Å². The van der Waals surface area contributed by atoms with Crippen LogP contribution in [-0.2, 0) is 9.59 Å². The largest absolute Gasteiger partial charge is 0.497 e. The van der Waals surface area contributed by atoms with Gasteiger partial charge in [-0.25, -0.2) is 0 Å². The van der Waals surface area contributed by atoms with Crippen LogP contribution < -0.4 is 30.2 Å². The summed E-state index contributed by atoms with van der Waals surface area (Å²) in [6, 6.07) is 12.7. The van der Waals surface area contributed by atoms with Gasteiger partial charge in [-0.1, -0.05) is 6.07 Å². The molecule has 1 aliphatic heterocycles. The first-order valence-corrected chi connectivity index (χ1v) is 9.32. The van der Waals surface area contributed by atoms with E-state index < -0.39 is 5.91 Å². The maximum Gasteiger partial charge on any atom is 0.239 e. The molecule has 154 valence electrons. The van der Waals surface area contributed by atoms with Crippen molar-refractivity contribution in [1.82, 2.24) is 5.32 Å². The Morgan fingerprint density at radius 2 is 1.90 bits per heavy atom. The van der Waals surface area contributed by atoms with E-state index in [9.17, 15) is 9.59 Å². The summed E-state index contributed by atoms with van der Waals surface area (Å²) >= 11 is 0. The number of fused-ring (bicyclic) bond motifs is 1. The molecule has 0 fully saturated rings. The van der Waals surface area contributed by atoms with E-state index in [2.05, 4.69) is 5.32 Å². The van der Waals surface area contributed by atoms with E-state index in [1.807, 2.05) is 42.2 Å². The Labute approximate surface area is 169 Å². The van der Waals surface area contributed by atoms with Crippen LogP contribution in [-0.4, -0.2) is 38.8 Å². The Bertz CT molecular complexity index is 869. The summed E-state index contributed by atoms with van der Waals surface area (Å²) in [6.45, 7) is 2.54. The van der Waals surface area contributed by atoms with Crippen LogP contribution in [0.5, 0.6) is 17.2 Å². The van der Waals surface area contributed by atoms with Gasteiger partial charge in [0.2, 0.25) is 18.6 Å². The second-order valence-electron chi connectivity index (χ2n) is 6.74. The molecule has 0 unspecified atom stereocenters. The third-order valence-electron chi connectivity index (χ3n) is 4.67. The molecule has 3 rings (SSSR count). The van der Waals surface area contributed by atoms with Crippen LogP contribution in [0.25, 0.3) is 0 Å². The van der Waals surface area contributed by atoms with Gasteiger partial charge in [0.15, 0.2) is 11.5 Å². The lowest BCUT2D eigenvalue weighted by molar-refractivity contribution is -0.121. The van der Waals surface area contributed by atoms with Gasteiger partial charge in [-0.15, -0.1) is 0 Å². The average molecular weight is 399 g/mol. The first-order valence-electron chi connectivity index (χ1n) is 9.32. The lowest BCUT2D eigenvalue weighted by Crippen LogP contribution is -2.39. The maximum absolute atomic E-state index is 12.7. The normalized spacial score (nSPS) is 12.9. The molecule has 0 saturated carbocycles. The van der Waals surface area contributed by atoms with Gasteiger partial charge in [0.25, 0.3) is 0 Å². The standard InChI is InChI=1S/C21H25N3O5/c1-14(15-3-8-18-19(11-15)29-13-28-18)23-21(26)12-24(10-9-20(22)25)16-4-6-17(27-2)7-5-16/h3-8,11,14H,9-10,12-13H2,1-2H3,(H2,22,25)(H,23,26)/t14-/m0/s1. The second-order valence-corrected chi connectivity index (χ2v) is 6.74. The topological polar surface area (TPSA) is 103 Å². The highest BCUT2D eigenvalue weighted by atomic mass is 16.7. The number of carbonyl (C=O) groups is 2. The first kappa shape index (κ1) is 20.3. The van der Waals surface area contributed by atoms with Crippen LogP contribution in [0, 0.1) is 0 Å². The predicted octanol–water partition coefficient (Wildman–Crippen LogP) is 1.98. The van der Waals surface area contributed by atoms with E-state index in [0.29, 0.717) is 23.8 Å². The Hall–Kier alpha value is -3.42. The van der Waals surface area contributed by atoms with Gasteiger partial charge < -0.3 is 30.2 Å². The van der Waals surface area contributed by atoms with E-state index in [1.54, 1.807) is 19.2 Å². The van der Waals surface area contributed by atoms with E-state index >= 15 is 0 Å². The molecule has 0 radical (unpaired) electrons. The minimum absolute atomic E-state index is 0.0918. The molecule has 0 aliphatic carbocycles. The van der Waals surface area contributed by atoms with E-state index in [4.69, 9.17) is 19.9 Å². The van der Waals surface area contributed by atoms with Crippen LogP contribution in [0.3, 0.4) is 0 Å². The molecule has 0 spiro atoms. The number of carbonyl (C=O) groups excluding carboxylic acids is 2. The molecular formula is C21H25N3O5. The molecule has 1 heterocycles. The number of nitrogens with zero attached hydrogens (tertiary/aromatic N) is 1. The van der Waals surface area contributed by atoms with Crippen LogP contribution >= 0.6 is 0 Å². The zero-order valence-electron chi connectivity index (χ0n) is 16.5. The summed E-state index contributed by atoms with van der Waals surface area (Å²) in [4.78, 5) is 25.7. The monoisotopic (exact) mass is 399 g/mol. The Balaban J connectivity index is 1.65. The van der Waals surface area contributed by atoms with E-state index in [1.165, 1.54) is 0 Å². The summed E-state index contributed by atoms with van der Waals surface area (Å²) in [5.41, 5.74) is 7.00.